The highest BCUT2D eigenvalue weighted by atomic mass is 28.3. The first-order valence-electron chi connectivity index (χ1n) is 2.82. The molecule has 0 saturated heterocycles. The molecule has 2 nitrogen and oxygen atoms in total. The van der Waals surface area contributed by atoms with E-state index in [2.05, 4.69) is 24.4 Å². The van der Waals surface area contributed by atoms with Crippen LogP contribution in [-0.4, -0.2) is 21.9 Å². The Kier molecular flexibility index (Phi) is 9.80. The van der Waals surface area contributed by atoms with Gasteiger partial charge in [-0.1, -0.05) is 19.6 Å². The lowest BCUT2D eigenvalue weighted by atomic mass is 10.8. The Balaban J connectivity index is 0. The van der Waals surface area contributed by atoms with Crippen molar-refractivity contribution in [2.24, 2.45) is 0 Å². The van der Waals surface area contributed by atoms with E-state index in [0.717, 1.165) is 0 Å². The first-order valence-corrected chi connectivity index (χ1v) is 5.82. The monoisotopic (exact) mass is 147 g/mol. The van der Waals surface area contributed by atoms with E-state index in [4.69, 9.17) is 0 Å². The van der Waals surface area contributed by atoms with E-state index in [9.17, 15) is 4.79 Å². The van der Waals surface area contributed by atoms with E-state index in [-0.39, 0.29) is 14.8 Å². The van der Waals surface area contributed by atoms with E-state index in [1.54, 1.807) is 0 Å². The van der Waals surface area contributed by atoms with Crippen molar-refractivity contribution >= 4 is 14.8 Å². The van der Waals surface area contributed by atoms with Gasteiger partial charge in [-0.15, -0.1) is 0 Å². The van der Waals surface area contributed by atoms with Gasteiger partial charge >= 0.3 is 5.97 Å². The minimum atomic E-state index is -0.245. The summed E-state index contributed by atoms with van der Waals surface area (Å²) in [6, 6.07) is 0. The second-order valence-electron chi connectivity index (χ2n) is 2.20. The third-order valence-corrected chi connectivity index (χ3v) is 0.287. The van der Waals surface area contributed by atoms with Gasteiger partial charge in [0.15, 0.2) is 0 Å². The summed E-state index contributed by atoms with van der Waals surface area (Å²) in [5, 5.41) is 0. The molecule has 0 N–H and O–H groups in total. The molecular formula is C6H15O2Si. The maximum absolute atomic E-state index is 9.59. The number of methoxy groups -OCH3 is 1. The molecule has 0 amide bonds. The highest BCUT2D eigenvalue weighted by molar-refractivity contribution is 6.54. The van der Waals surface area contributed by atoms with E-state index in [0.29, 0.717) is 0 Å². The van der Waals surface area contributed by atoms with E-state index < -0.39 is 0 Å². The Labute approximate surface area is 58.8 Å². The number of hydrogen-bond donors (Lipinski definition) is 0. The maximum Gasteiger partial charge on any atom is 0.302 e. The minimum absolute atomic E-state index is 0.120. The van der Waals surface area contributed by atoms with Gasteiger partial charge < -0.3 is 4.74 Å². The van der Waals surface area contributed by atoms with Crippen molar-refractivity contribution in [2.45, 2.75) is 26.6 Å². The van der Waals surface area contributed by atoms with Crippen LogP contribution < -0.4 is 0 Å². The Morgan fingerprint density at radius 3 is 1.44 bits per heavy atom. The molecule has 0 spiro atoms. The van der Waals surface area contributed by atoms with Crippen LogP contribution in [0.1, 0.15) is 6.92 Å². The molecule has 0 aliphatic heterocycles. The van der Waals surface area contributed by atoms with Gasteiger partial charge in [-0.3, -0.25) is 4.79 Å². The van der Waals surface area contributed by atoms with Crippen LogP contribution >= 0.6 is 0 Å². The molecule has 0 heterocycles. The summed E-state index contributed by atoms with van der Waals surface area (Å²) < 4.78 is 4.11. The Morgan fingerprint density at radius 1 is 1.33 bits per heavy atom. The van der Waals surface area contributed by atoms with Crippen LogP contribution in [-0.2, 0) is 9.53 Å². The SMILES string of the molecule is COC(C)=O.C[Si](C)C. The Morgan fingerprint density at radius 2 is 1.44 bits per heavy atom. The molecule has 0 aliphatic rings. The zero-order valence-electron chi connectivity index (χ0n) is 6.82. The fourth-order valence-electron chi connectivity index (χ4n) is 0. The van der Waals surface area contributed by atoms with Gasteiger partial charge in [0.05, 0.1) is 7.11 Å². The van der Waals surface area contributed by atoms with E-state index >= 15 is 0 Å². The van der Waals surface area contributed by atoms with Crippen molar-refractivity contribution in [3.05, 3.63) is 0 Å². The van der Waals surface area contributed by atoms with Gasteiger partial charge in [-0.25, -0.2) is 0 Å². The predicted octanol–water partition coefficient (Wildman–Crippen LogP) is 1.55. The molecule has 0 atom stereocenters. The fourth-order valence-corrected chi connectivity index (χ4v) is 0. The van der Waals surface area contributed by atoms with Gasteiger partial charge in [0.25, 0.3) is 0 Å². The molecule has 3 heteroatoms. The molecule has 0 aromatic carbocycles. The molecule has 0 rings (SSSR count). The lowest BCUT2D eigenvalue weighted by Crippen LogP contribution is -1.88. The summed E-state index contributed by atoms with van der Waals surface area (Å²) in [5.74, 6) is -0.245. The first kappa shape index (κ1) is 11.5. The van der Waals surface area contributed by atoms with Crippen LogP contribution in [0.5, 0.6) is 0 Å². The summed E-state index contributed by atoms with van der Waals surface area (Å²) >= 11 is 0. The standard InChI is InChI=1S/C3H6O2.C3H9Si/c1-3(4)5-2;1-4(2)3/h1-2H3;1-3H3. The average molecular weight is 147 g/mol. The third kappa shape index (κ3) is 87.4. The molecule has 0 unspecified atom stereocenters. The summed E-state index contributed by atoms with van der Waals surface area (Å²) in [4.78, 5) is 9.59. The van der Waals surface area contributed by atoms with Gasteiger partial charge in [0.2, 0.25) is 0 Å². The third-order valence-electron chi connectivity index (χ3n) is 0.287. The van der Waals surface area contributed by atoms with Gasteiger partial charge in [0.1, 0.15) is 0 Å². The van der Waals surface area contributed by atoms with Crippen molar-refractivity contribution in [1.29, 1.82) is 0 Å². The normalized spacial score (nSPS) is 7.78. The number of esters is 1. The second-order valence-corrected chi connectivity index (χ2v) is 5.20. The van der Waals surface area contributed by atoms with Crippen molar-refractivity contribution < 1.29 is 9.53 Å². The smallest absolute Gasteiger partial charge is 0.302 e. The predicted molar refractivity (Wildman–Crippen MR) is 41.0 cm³/mol. The molecule has 1 radical (unpaired) electrons. The maximum atomic E-state index is 9.59. The molecule has 0 bridgehead atoms. The van der Waals surface area contributed by atoms with Gasteiger partial charge in [-0.2, -0.15) is 0 Å². The number of carbonyl (C=O) groups is 1. The number of carbonyl (C=O) groups excluding carboxylic acids is 1. The van der Waals surface area contributed by atoms with Crippen molar-refractivity contribution in [3.8, 4) is 0 Å². The van der Waals surface area contributed by atoms with Crippen LogP contribution in [0.2, 0.25) is 19.6 Å². The quantitative estimate of drug-likeness (QED) is 0.384. The topological polar surface area (TPSA) is 26.3 Å². The summed E-state index contributed by atoms with van der Waals surface area (Å²) in [7, 11) is 1.47. The highest BCUT2D eigenvalue weighted by Gasteiger charge is 1.75. The van der Waals surface area contributed by atoms with Crippen molar-refractivity contribution in [1.82, 2.24) is 0 Å². The number of rotatable bonds is 0. The first-order chi connectivity index (χ1) is 4.00. The number of hydrogen-bond acceptors (Lipinski definition) is 2. The molecular weight excluding hydrogens is 132 g/mol. The molecule has 0 saturated carbocycles. The zero-order valence-corrected chi connectivity index (χ0v) is 7.82. The summed E-state index contributed by atoms with van der Waals surface area (Å²) in [6.45, 7) is 8.17. The van der Waals surface area contributed by atoms with Crippen molar-refractivity contribution in [2.75, 3.05) is 7.11 Å². The second kappa shape index (κ2) is 7.69. The average Bonchev–Trinajstić information content (AvgIpc) is 1.65. The Bertz CT molecular complexity index is 68.7. The van der Waals surface area contributed by atoms with Crippen LogP contribution in [0, 0.1) is 0 Å². The minimum Gasteiger partial charge on any atom is -0.469 e. The largest absolute Gasteiger partial charge is 0.469 e. The fraction of sp³-hybridized carbons (Fsp3) is 0.833. The van der Waals surface area contributed by atoms with Crippen LogP contribution in [0.3, 0.4) is 0 Å². The summed E-state index contributed by atoms with van der Waals surface area (Å²) in [6.07, 6.45) is 0. The molecule has 55 valence electrons. The highest BCUT2D eigenvalue weighted by Crippen LogP contribution is 1.68. The summed E-state index contributed by atoms with van der Waals surface area (Å²) in [5.41, 5.74) is 0. The van der Waals surface area contributed by atoms with Gasteiger partial charge in [-0.05, 0) is 0 Å². The van der Waals surface area contributed by atoms with Crippen LogP contribution in [0.4, 0.5) is 0 Å². The lowest BCUT2D eigenvalue weighted by Gasteiger charge is -1.80. The number of ether oxygens (including phenoxy) is 1. The molecule has 0 aromatic heterocycles. The molecule has 9 heavy (non-hydrogen) atoms. The van der Waals surface area contributed by atoms with E-state index in [1.807, 2.05) is 0 Å². The van der Waals surface area contributed by atoms with Crippen molar-refractivity contribution in [3.63, 3.8) is 0 Å². The van der Waals surface area contributed by atoms with Crippen LogP contribution in [0.25, 0.3) is 0 Å². The van der Waals surface area contributed by atoms with Gasteiger partial charge in [0, 0.05) is 15.7 Å². The molecule has 0 fully saturated rings. The van der Waals surface area contributed by atoms with Crippen LogP contribution in [0.15, 0.2) is 0 Å². The Hall–Kier alpha value is -0.313. The van der Waals surface area contributed by atoms with E-state index in [1.165, 1.54) is 14.0 Å². The zero-order chi connectivity index (χ0) is 7.86. The molecule has 0 aliphatic carbocycles. The molecule has 0 aromatic rings. The lowest BCUT2D eigenvalue weighted by molar-refractivity contribution is -0.137.